The summed E-state index contributed by atoms with van der Waals surface area (Å²) in [5.41, 5.74) is 1.69. The second-order valence-corrected chi connectivity index (χ2v) is 8.33. The van der Waals surface area contributed by atoms with Gasteiger partial charge in [-0.1, -0.05) is 42.5 Å². The lowest BCUT2D eigenvalue weighted by atomic mass is 9.96. The average molecular weight is 435 g/mol. The van der Waals surface area contributed by atoms with Gasteiger partial charge in [0, 0.05) is 18.5 Å². The maximum absolute atomic E-state index is 13.0. The number of carbonyl (C=O) groups excluding carboxylic acids is 2. The summed E-state index contributed by atoms with van der Waals surface area (Å²) in [6, 6.07) is 17.2. The van der Waals surface area contributed by atoms with E-state index in [1.54, 1.807) is 0 Å². The van der Waals surface area contributed by atoms with Gasteiger partial charge in [-0.2, -0.15) is 0 Å². The van der Waals surface area contributed by atoms with Gasteiger partial charge in [-0.3, -0.25) is 9.59 Å². The van der Waals surface area contributed by atoms with Crippen molar-refractivity contribution in [1.82, 2.24) is 10.2 Å². The Morgan fingerprint density at radius 1 is 1.19 bits per heavy atom. The van der Waals surface area contributed by atoms with Crippen molar-refractivity contribution in [1.29, 1.82) is 0 Å². The van der Waals surface area contributed by atoms with Crippen molar-refractivity contribution in [2.24, 2.45) is 5.92 Å². The number of hydrogen-bond donors (Lipinski definition) is 1. The minimum atomic E-state index is -0.278. The van der Waals surface area contributed by atoms with Gasteiger partial charge in [0.15, 0.2) is 11.3 Å². The van der Waals surface area contributed by atoms with Crippen LogP contribution in [0.3, 0.4) is 0 Å². The Balaban J connectivity index is 1.38. The molecule has 0 saturated carbocycles. The summed E-state index contributed by atoms with van der Waals surface area (Å²) >= 11 is 0. The minimum absolute atomic E-state index is 0.0415. The molecule has 2 unspecified atom stereocenters. The molecule has 4 rings (SSSR count). The maximum atomic E-state index is 13.0. The number of carbonyl (C=O) groups is 2. The highest BCUT2D eigenvalue weighted by molar-refractivity contribution is 5.85. The molecular weight excluding hydrogens is 404 g/mol. The quantitative estimate of drug-likeness (QED) is 0.595. The third-order valence-electron chi connectivity index (χ3n) is 5.96. The Morgan fingerprint density at radius 3 is 2.78 bits per heavy atom. The number of nitrogens with one attached hydrogen (secondary N) is 1. The zero-order chi connectivity index (χ0) is 22.5. The minimum Gasteiger partial charge on any atom is -0.490 e. The van der Waals surface area contributed by atoms with Crippen molar-refractivity contribution >= 4 is 22.8 Å². The summed E-state index contributed by atoms with van der Waals surface area (Å²) in [6.45, 7) is 5.57. The van der Waals surface area contributed by atoms with E-state index in [9.17, 15) is 9.59 Å². The van der Waals surface area contributed by atoms with E-state index in [1.807, 2.05) is 73.3 Å². The van der Waals surface area contributed by atoms with Gasteiger partial charge in [0.25, 0.3) is 0 Å². The molecule has 2 atom stereocenters. The van der Waals surface area contributed by atoms with Crippen molar-refractivity contribution in [3.8, 4) is 5.75 Å². The highest BCUT2D eigenvalue weighted by atomic mass is 16.5. The van der Waals surface area contributed by atoms with Crippen molar-refractivity contribution < 1.29 is 18.7 Å². The van der Waals surface area contributed by atoms with Gasteiger partial charge in [0.1, 0.15) is 5.76 Å². The fourth-order valence-corrected chi connectivity index (χ4v) is 4.24. The highest BCUT2D eigenvalue weighted by Crippen LogP contribution is 2.31. The number of nitrogens with zero attached hydrogens (tertiary/aromatic N) is 1. The van der Waals surface area contributed by atoms with E-state index in [4.69, 9.17) is 9.15 Å². The first-order chi connectivity index (χ1) is 15.5. The molecule has 32 heavy (non-hydrogen) atoms. The molecule has 0 spiro atoms. The van der Waals surface area contributed by atoms with Gasteiger partial charge in [-0.25, -0.2) is 0 Å². The second-order valence-electron chi connectivity index (χ2n) is 8.33. The molecule has 0 radical (unpaired) electrons. The number of piperidine rings is 1. The number of likely N-dealkylation sites (tertiary alicyclic amines) is 1. The summed E-state index contributed by atoms with van der Waals surface area (Å²) in [4.78, 5) is 27.5. The van der Waals surface area contributed by atoms with E-state index >= 15 is 0 Å². The lowest BCUT2D eigenvalue weighted by Gasteiger charge is -2.32. The van der Waals surface area contributed by atoms with Gasteiger partial charge in [0.2, 0.25) is 11.8 Å². The lowest BCUT2D eigenvalue weighted by Crippen LogP contribution is -2.46. The van der Waals surface area contributed by atoms with Crippen LogP contribution in [0.1, 0.15) is 44.1 Å². The number of para-hydroxylation sites is 1. The van der Waals surface area contributed by atoms with Gasteiger partial charge < -0.3 is 19.4 Å². The summed E-state index contributed by atoms with van der Waals surface area (Å²) in [5, 5.41) is 4.02. The van der Waals surface area contributed by atoms with Crippen LogP contribution in [0.15, 0.2) is 59.0 Å². The van der Waals surface area contributed by atoms with E-state index in [0.717, 1.165) is 23.8 Å². The number of amides is 2. The topological polar surface area (TPSA) is 71.8 Å². The van der Waals surface area contributed by atoms with Crippen LogP contribution in [-0.2, 0) is 16.0 Å². The fraction of sp³-hybridized carbons (Fsp3) is 0.385. The molecule has 6 heteroatoms. The number of rotatable bonds is 7. The van der Waals surface area contributed by atoms with Crippen LogP contribution < -0.4 is 10.1 Å². The molecule has 1 saturated heterocycles. The van der Waals surface area contributed by atoms with Gasteiger partial charge in [0.05, 0.1) is 25.0 Å². The Hall–Kier alpha value is -3.28. The maximum Gasteiger partial charge on any atom is 0.227 e. The molecule has 168 valence electrons. The van der Waals surface area contributed by atoms with E-state index < -0.39 is 0 Å². The summed E-state index contributed by atoms with van der Waals surface area (Å²) in [7, 11) is 0. The molecule has 1 aliphatic heterocycles. The van der Waals surface area contributed by atoms with Crippen LogP contribution in [0.2, 0.25) is 0 Å². The van der Waals surface area contributed by atoms with Crippen LogP contribution in [0.5, 0.6) is 5.75 Å². The molecule has 1 fully saturated rings. The van der Waals surface area contributed by atoms with Crippen molar-refractivity contribution in [3.05, 3.63) is 65.9 Å². The highest BCUT2D eigenvalue weighted by Gasteiger charge is 2.29. The molecular formula is C26H30N2O4. The van der Waals surface area contributed by atoms with Crippen molar-refractivity contribution in [2.45, 2.75) is 39.2 Å². The zero-order valence-corrected chi connectivity index (χ0v) is 18.7. The Bertz CT molecular complexity index is 1080. The third kappa shape index (κ3) is 4.96. The molecule has 1 aromatic heterocycles. The van der Waals surface area contributed by atoms with Gasteiger partial charge >= 0.3 is 0 Å². The first-order valence-corrected chi connectivity index (χ1v) is 11.3. The normalized spacial score (nSPS) is 17.2. The number of ether oxygens (including phenoxy) is 1. The Morgan fingerprint density at radius 2 is 2.00 bits per heavy atom. The lowest BCUT2D eigenvalue weighted by molar-refractivity contribution is -0.135. The average Bonchev–Trinajstić information content (AvgIpc) is 3.26. The van der Waals surface area contributed by atoms with Crippen molar-refractivity contribution in [2.75, 3.05) is 19.7 Å². The second kappa shape index (κ2) is 9.90. The number of hydrogen-bond acceptors (Lipinski definition) is 4. The molecule has 0 bridgehead atoms. The van der Waals surface area contributed by atoms with Crippen LogP contribution in [-0.4, -0.2) is 36.4 Å². The summed E-state index contributed by atoms with van der Waals surface area (Å²) < 4.78 is 11.7. The number of benzene rings is 2. The zero-order valence-electron chi connectivity index (χ0n) is 18.7. The molecule has 0 aliphatic carbocycles. The van der Waals surface area contributed by atoms with Crippen LogP contribution in [0, 0.1) is 5.92 Å². The largest absolute Gasteiger partial charge is 0.490 e. The Labute approximate surface area is 188 Å². The van der Waals surface area contributed by atoms with Crippen LogP contribution in [0.4, 0.5) is 0 Å². The monoisotopic (exact) mass is 434 g/mol. The fourth-order valence-electron chi connectivity index (χ4n) is 4.24. The molecule has 2 heterocycles. The predicted molar refractivity (Wildman–Crippen MR) is 123 cm³/mol. The smallest absolute Gasteiger partial charge is 0.227 e. The van der Waals surface area contributed by atoms with Crippen LogP contribution >= 0.6 is 0 Å². The Kier molecular flexibility index (Phi) is 6.78. The molecule has 2 amide bonds. The van der Waals surface area contributed by atoms with Crippen LogP contribution in [0.25, 0.3) is 11.0 Å². The van der Waals surface area contributed by atoms with E-state index in [0.29, 0.717) is 43.2 Å². The predicted octanol–water partition coefficient (Wildman–Crippen LogP) is 4.49. The van der Waals surface area contributed by atoms with Gasteiger partial charge in [-0.05, 0) is 44.4 Å². The van der Waals surface area contributed by atoms with E-state index in [2.05, 4.69) is 5.32 Å². The molecule has 1 aliphatic rings. The van der Waals surface area contributed by atoms with E-state index in [-0.39, 0.29) is 23.8 Å². The molecule has 3 aromatic rings. The first kappa shape index (κ1) is 21.9. The van der Waals surface area contributed by atoms with Crippen molar-refractivity contribution in [3.63, 3.8) is 0 Å². The SMILES string of the molecule is CCOc1cccc2cc(C(C)NC(=O)C3CCCN(C(=O)Cc4ccccc4)C3)oc12. The van der Waals surface area contributed by atoms with Gasteiger partial charge in [-0.15, -0.1) is 0 Å². The van der Waals surface area contributed by atoms with E-state index in [1.165, 1.54) is 0 Å². The third-order valence-corrected chi connectivity index (χ3v) is 5.96. The summed E-state index contributed by atoms with van der Waals surface area (Å²) in [6.07, 6.45) is 1.98. The molecule has 1 N–H and O–H groups in total. The number of fused-ring (bicyclic) bond motifs is 1. The molecule has 6 nitrogen and oxygen atoms in total. The standard InChI is InChI=1S/C26H30N2O4/c1-3-31-22-13-7-11-20-16-23(32-25(20)22)18(2)27-26(30)21-12-8-14-28(17-21)24(29)15-19-9-5-4-6-10-19/h4-7,9-11,13,16,18,21H,3,8,12,14-15,17H2,1-2H3,(H,27,30). The summed E-state index contributed by atoms with van der Waals surface area (Å²) in [5.74, 6) is 1.21. The number of furan rings is 1. The first-order valence-electron chi connectivity index (χ1n) is 11.3. The molecule has 2 aromatic carbocycles.